The molecule has 0 atom stereocenters. The Bertz CT molecular complexity index is 1150. The van der Waals surface area contributed by atoms with Crippen LogP contribution in [0.15, 0.2) is 42.6 Å². The Labute approximate surface area is 183 Å². The van der Waals surface area contributed by atoms with Crippen molar-refractivity contribution >= 4 is 5.97 Å². The zero-order chi connectivity index (χ0) is 23.0. The predicted molar refractivity (Wildman–Crippen MR) is 119 cm³/mol. The normalized spacial score (nSPS) is 9.77. The number of hydrogen-bond donors (Lipinski definition) is 0. The van der Waals surface area contributed by atoms with Gasteiger partial charge in [0.2, 0.25) is 0 Å². The molecule has 2 aromatic heterocycles. The minimum Gasteiger partial charge on any atom is -0.465 e. The van der Waals surface area contributed by atoms with Crippen molar-refractivity contribution < 1.29 is 9.53 Å². The van der Waals surface area contributed by atoms with Gasteiger partial charge in [0.15, 0.2) is 0 Å². The SMILES string of the molecule is CCC.COC(=O)c1c(-c2ccc(C#N)cc2)c(C)n(Cc2cccnc2C#N)c1C. The molecule has 0 aliphatic rings. The lowest BCUT2D eigenvalue weighted by molar-refractivity contribution is 0.0600. The van der Waals surface area contributed by atoms with E-state index in [1.54, 1.807) is 24.4 Å². The van der Waals surface area contributed by atoms with E-state index in [1.807, 2.05) is 36.6 Å². The van der Waals surface area contributed by atoms with Crippen molar-refractivity contribution in [1.82, 2.24) is 9.55 Å². The summed E-state index contributed by atoms with van der Waals surface area (Å²) in [6, 6.07) is 14.9. The minimum atomic E-state index is -0.426. The van der Waals surface area contributed by atoms with Gasteiger partial charge >= 0.3 is 5.97 Å². The van der Waals surface area contributed by atoms with E-state index >= 15 is 0 Å². The summed E-state index contributed by atoms with van der Waals surface area (Å²) in [5, 5.41) is 18.4. The Balaban J connectivity index is 0.00000107. The first-order valence-electron chi connectivity index (χ1n) is 10.1. The molecule has 0 amide bonds. The first-order valence-corrected chi connectivity index (χ1v) is 10.1. The lowest BCUT2D eigenvalue weighted by atomic mass is 9.99. The van der Waals surface area contributed by atoms with Gasteiger partial charge in [-0.1, -0.05) is 38.5 Å². The molecule has 0 radical (unpaired) electrons. The van der Waals surface area contributed by atoms with Gasteiger partial charge in [-0.05, 0) is 37.6 Å². The number of nitrogens with zero attached hydrogens (tertiary/aromatic N) is 4. The number of nitriles is 2. The average Bonchev–Trinajstić information content (AvgIpc) is 3.04. The molecule has 2 heterocycles. The fourth-order valence-electron chi connectivity index (χ4n) is 3.37. The van der Waals surface area contributed by atoms with Crippen LogP contribution in [-0.2, 0) is 11.3 Å². The van der Waals surface area contributed by atoms with Crippen LogP contribution in [0.5, 0.6) is 0 Å². The molecule has 0 bridgehead atoms. The summed E-state index contributed by atoms with van der Waals surface area (Å²) in [5.41, 5.74) is 5.36. The third kappa shape index (κ3) is 4.99. The monoisotopic (exact) mass is 414 g/mol. The smallest absolute Gasteiger partial charge is 0.340 e. The number of carbonyl (C=O) groups excluding carboxylic acids is 1. The summed E-state index contributed by atoms with van der Waals surface area (Å²) in [4.78, 5) is 16.7. The molecule has 0 spiro atoms. The van der Waals surface area contributed by atoms with Gasteiger partial charge in [0.1, 0.15) is 11.8 Å². The van der Waals surface area contributed by atoms with Gasteiger partial charge in [0.05, 0.1) is 30.9 Å². The Morgan fingerprint density at radius 1 is 1.06 bits per heavy atom. The molecule has 0 fully saturated rings. The Hall–Kier alpha value is -3.90. The first-order chi connectivity index (χ1) is 14.9. The van der Waals surface area contributed by atoms with Crippen LogP contribution in [0.1, 0.15) is 58.8 Å². The van der Waals surface area contributed by atoms with Crippen molar-refractivity contribution in [3.8, 4) is 23.3 Å². The number of benzene rings is 1. The maximum Gasteiger partial charge on any atom is 0.340 e. The van der Waals surface area contributed by atoms with E-state index in [1.165, 1.54) is 13.5 Å². The van der Waals surface area contributed by atoms with Crippen molar-refractivity contribution in [2.45, 2.75) is 40.7 Å². The molecular formula is C25H26N4O2. The molecule has 31 heavy (non-hydrogen) atoms. The predicted octanol–water partition coefficient (Wildman–Crippen LogP) is 5.16. The third-order valence-electron chi connectivity index (χ3n) is 4.80. The third-order valence-corrected chi connectivity index (χ3v) is 4.80. The molecule has 3 rings (SSSR count). The summed E-state index contributed by atoms with van der Waals surface area (Å²) in [6.45, 7) is 8.44. The lowest BCUT2D eigenvalue weighted by Gasteiger charge is -2.11. The van der Waals surface area contributed by atoms with E-state index in [-0.39, 0.29) is 0 Å². The van der Waals surface area contributed by atoms with Crippen LogP contribution >= 0.6 is 0 Å². The lowest BCUT2D eigenvalue weighted by Crippen LogP contribution is -2.08. The van der Waals surface area contributed by atoms with Gasteiger partial charge in [-0.3, -0.25) is 0 Å². The molecule has 0 saturated carbocycles. The number of carbonyl (C=O) groups is 1. The highest BCUT2D eigenvalue weighted by Gasteiger charge is 2.25. The second-order valence-corrected chi connectivity index (χ2v) is 7.02. The Morgan fingerprint density at radius 2 is 1.71 bits per heavy atom. The van der Waals surface area contributed by atoms with Gasteiger partial charge in [0, 0.05) is 28.7 Å². The van der Waals surface area contributed by atoms with E-state index < -0.39 is 5.97 Å². The highest BCUT2D eigenvalue weighted by Crippen LogP contribution is 2.33. The summed E-state index contributed by atoms with van der Waals surface area (Å²) in [7, 11) is 1.35. The molecule has 6 heteroatoms. The van der Waals surface area contributed by atoms with Crippen LogP contribution in [0.25, 0.3) is 11.1 Å². The van der Waals surface area contributed by atoms with Crippen molar-refractivity contribution in [2.75, 3.05) is 7.11 Å². The van der Waals surface area contributed by atoms with Crippen molar-refractivity contribution in [3.05, 3.63) is 76.4 Å². The molecule has 0 aliphatic heterocycles. The van der Waals surface area contributed by atoms with Crippen LogP contribution in [0.4, 0.5) is 0 Å². The second-order valence-electron chi connectivity index (χ2n) is 7.02. The number of rotatable bonds is 4. The van der Waals surface area contributed by atoms with E-state index in [0.717, 1.165) is 28.1 Å². The van der Waals surface area contributed by atoms with Crippen LogP contribution in [-0.4, -0.2) is 22.6 Å². The van der Waals surface area contributed by atoms with Gasteiger partial charge in [-0.25, -0.2) is 9.78 Å². The largest absolute Gasteiger partial charge is 0.465 e. The maximum atomic E-state index is 12.5. The zero-order valence-electron chi connectivity index (χ0n) is 18.6. The number of ether oxygens (including phenoxy) is 1. The first kappa shape index (κ1) is 23.4. The van der Waals surface area contributed by atoms with E-state index in [2.05, 4.69) is 31.0 Å². The van der Waals surface area contributed by atoms with Gasteiger partial charge in [0.25, 0.3) is 0 Å². The molecule has 1 aromatic carbocycles. The van der Waals surface area contributed by atoms with Crippen molar-refractivity contribution in [2.24, 2.45) is 0 Å². The summed E-state index contributed by atoms with van der Waals surface area (Å²) >= 11 is 0. The molecule has 0 aliphatic carbocycles. The Kier molecular flexibility index (Phi) is 8.11. The fraction of sp³-hybridized carbons (Fsp3) is 0.280. The number of methoxy groups -OCH3 is 1. The number of hydrogen-bond acceptors (Lipinski definition) is 5. The molecule has 0 unspecified atom stereocenters. The second kappa shape index (κ2) is 10.8. The number of pyridine rings is 1. The van der Waals surface area contributed by atoms with Crippen LogP contribution < -0.4 is 0 Å². The number of aromatic nitrogens is 2. The Morgan fingerprint density at radius 3 is 2.26 bits per heavy atom. The standard InChI is InChI=1S/C22H18N4O2.C3H8/c1-14-20(17-8-6-16(11-23)7-9-17)21(22(27)28-3)15(2)26(14)13-18-5-4-10-25-19(18)12-24;1-3-2/h4-10H,13H2,1-3H3;3H2,1-2H3. The summed E-state index contributed by atoms with van der Waals surface area (Å²) < 4.78 is 7.00. The number of esters is 1. The molecule has 0 saturated heterocycles. The van der Waals surface area contributed by atoms with Gasteiger partial charge in [-0.15, -0.1) is 0 Å². The van der Waals surface area contributed by atoms with Crippen LogP contribution in [0.2, 0.25) is 0 Å². The maximum absolute atomic E-state index is 12.5. The molecule has 0 N–H and O–H groups in total. The quantitative estimate of drug-likeness (QED) is 0.550. The van der Waals surface area contributed by atoms with Gasteiger partial charge in [-0.2, -0.15) is 10.5 Å². The topological polar surface area (TPSA) is 91.7 Å². The zero-order valence-corrected chi connectivity index (χ0v) is 18.6. The van der Waals surface area contributed by atoms with Crippen LogP contribution in [0.3, 0.4) is 0 Å². The summed E-state index contributed by atoms with van der Waals surface area (Å²) in [5.74, 6) is -0.426. The molecule has 6 nitrogen and oxygen atoms in total. The highest BCUT2D eigenvalue weighted by atomic mass is 16.5. The fourth-order valence-corrected chi connectivity index (χ4v) is 3.37. The van der Waals surface area contributed by atoms with E-state index in [4.69, 9.17) is 10.00 Å². The van der Waals surface area contributed by atoms with Crippen LogP contribution in [0, 0.1) is 36.5 Å². The van der Waals surface area contributed by atoms with Gasteiger partial charge < -0.3 is 9.30 Å². The summed E-state index contributed by atoms with van der Waals surface area (Å²) in [6.07, 6.45) is 2.83. The van der Waals surface area contributed by atoms with Crippen molar-refractivity contribution in [1.29, 1.82) is 10.5 Å². The van der Waals surface area contributed by atoms with E-state index in [0.29, 0.717) is 23.4 Å². The highest BCUT2D eigenvalue weighted by molar-refractivity contribution is 5.99. The average molecular weight is 415 g/mol. The van der Waals surface area contributed by atoms with Crippen molar-refractivity contribution in [3.63, 3.8) is 0 Å². The minimum absolute atomic E-state index is 0.356. The molecular weight excluding hydrogens is 388 g/mol. The molecule has 3 aromatic rings. The van der Waals surface area contributed by atoms with E-state index in [9.17, 15) is 10.1 Å². The molecule has 158 valence electrons.